The van der Waals surface area contributed by atoms with E-state index in [0.29, 0.717) is 12.5 Å². The predicted molar refractivity (Wildman–Crippen MR) is 46.9 cm³/mol. The van der Waals surface area contributed by atoms with Crippen LogP contribution < -0.4 is 0 Å². The van der Waals surface area contributed by atoms with Gasteiger partial charge < -0.3 is 4.74 Å². The normalized spacial score (nSPS) is 30.6. The second kappa shape index (κ2) is 3.90. The molecule has 0 aromatic heterocycles. The molecule has 0 aromatic carbocycles. The molecule has 0 saturated carbocycles. The molecule has 1 rings (SSSR count). The zero-order valence-corrected chi connectivity index (χ0v) is 8.04. The van der Waals surface area contributed by atoms with Crippen molar-refractivity contribution in [2.45, 2.75) is 38.8 Å². The molecule has 2 unspecified atom stereocenters. The summed E-state index contributed by atoms with van der Waals surface area (Å²) in [5, 5.41) is 0. The van der Waals surface area contributed by atoms with Crippen molar-refractivity contribution in [3.05, 3.63) is 0 Å². The first kappa shape index (κ1) is 9.52. The van der Waals surface area contributed by atoms with Crippen LogP contribution in [0.5, 0.6) is 0 Å². The van der Waals surface area contributed by atoms with Gasteiger partial charge >= 0.3 is 5.97 Å². The number of likely N-dealkylation sites (tertiary alicyclic amines) is 1. The lowest BCUT2D eigenvalue weighted by Gasteiger charge is -2.20. The van der Waals surface area contributed by atoms with E-state index in [9.17, 15) is 4.79 Å². The molecular formula is C9H17NO2. The van der Waals surface area contributed by atoms with Crippen molar-refractivity contribution >= 4 is 5.97 Å². The van der Waals surface area contributed by atoms with Crippen LogP contribution in [-0.4, -0.2) is 36.6 Å². The van der Waals surface area contributed by atoms with Gasteiger partial charge in [-0.05, 0) is 20.4 Å². The van der Waals surface area contributed by atoms with E-state index >= 15 is 0 Å². The van der Waals surface area contributed by atoms with Crippen molar-refractivity contribution in [1.29, 1.82) is 0 Å². The van der Waals surface area contributed by atoms with E-state index in [1.165, 1.54) is 0 Å². The number of carbonyl (C=O) groups excluding carboxylic acids is 1. The van der Waals surface area contributed by atoms with Gasteiger partial charge in [0.2, 0.25) is 0 Å². The average molecular weight is 171 g/mol. The number of ether oxygens (including phenoxy) is 1. The molecule has 2 atom stereocenters. The summed E-state index contributed by atoms with van der Waals surface area (Å²) in [6, 6.07) is 0.375. The molecule has 0 aromatic rings. The number of likely N-dealkylation sites (N-methyl/N-ethyl adjacent to an activating group) is 1. The van der Waals surface area contributed by atoms with Crippen LogP contribution in [-0.2, 0) is 9.53 Å². The first-order valence-corrected chi connectivity index (χ1v) is 4.55. The molecule has 0 spiro atoms. The lowest BCUT2D eigenvalue weighted by molar-refractivity contribution is -0.149. The van der Waals surface area contributed by atoms with Crippen LogP contribution in [0.25, 0.3) is 0 Å². The van der Waals surface area contributed by atoms with E-state index in [2.05, 4.69) is 18.9 Å². The second-order valence-electron chi connectivity index (χ2n) is 3.39. The highest BCUT2D eigenvalue weighted by Gasteiger charge is 2.30. The van der Waals surface area contributed by atoms with Gasteiger partial charge in [0, 0.05) is 19.0 Å². The van der Waals surface area contributed by atoms with Gasteiger partial charge in [-0.1, -0.05) is 6.92 Å². The van der Waals surface area contributed by atoms with Crippen molar-refractivity contribution in [3.8, 4) is 0 Å². The minimum atomic E-state index is -0.0813. The lowest BCUT2D eigenvalue weighted by Crippen LogP contribution is -2.31. The maximum atomic E-state index is 11.0. The van der Waals surface area contributed by atoms with Crippen LogP contribution in [0.4, 0.5) is 0 Å². The Morgan fingerprint density at radius 2 is 2.33 bits per heavy atom. The SMILES string of the molecule is CCC(=O)OC1CCN(C)C1C. The third kappa shape index (κ3) is 1.97. The molecule has 0 N–H and O–H groups in total. The van der Waals surface area contributed by atoms with Crippen LogP contribution in [0.15, 0.2) is 0 Å². The number of esters is 1. The summed E-state index contributed by atoms with van der Waals surface area (Å²) in [4.78, 5) is 13.2. The Morgan fingerprint density at radius 3 is 2.75 bits per heavy atom. The Hall–Kier alpha value is -0.570. The van der Waals surface area contributed by atoms with Crippen molar-refractivity contribution in [3.63, 3.8) is 0 Å². The molecule has 0 aliphatic carbocycles. The number of nitrogens with zero attached hydrogens (tertiary/aromatic N) is 1. The molecule has 12 heavy (non-hydrogen) atoms. The predicted octanol–water partition coefficient (Wildman–Crippen LogP) is 1.03. The summed E-state index contributed by atoms with van der Waals surface area (Å²) in [6.07, 6.45) is 1.57. The third-order valence-corrected chi connectivity index (χ3v) is 2.57. The maximum absolute atomic E-state index is 11.0. The second-order valence-corrected chi connectivity index (χ2v) is 3.39. The molecule has 1 aliphatic rings. The van der Waals surface area contributed by atoms with Gasteiger partial charge in [-0.2, -0.15) is 0 Å². The van der Waals surface area contributed by atoms with Gasteiger partial charge in [-0.25, -0.2) is 0 Å². The summed E-state index contributed by atoms with van der Waals surface area (Å²) >= 11 is 0. The van der Waals surface area contributed by atoms with E-state index in [-0.39, 0.29) is 12.1 Å². The molecule has 0 bridgehead atoms. The van der Waals surface area contributed by atoms with Crippen LogP contribution in [0.1, 0.15) is 26.7 Å². The summed E-state index contributed by atoms with van der Waals surface area (Å²) < 4.78 is 5.26. The Kier molecular flexibility index (Phi) is 3.09. The van der Waals surface area contributed by atoms with Crippen LogP contribution in [0.3, 0.4) is 0 Å². The molecule has 0 radical (unpaired) electrons. The summed E-state index contributed by atoms with van der Waals surface area (Å²) in [7, 11) is 2.06. The first-order valence-electron chi connectivity index (χ1n) is 4.55. The van der Waals surface area contributed by atoms with Crippen LogP contribution in [0.2, 0.25) is 0 Å². The molecule has 70 valence electrons. The van der Waals surface area contributed by atoms with Crippen LogP contribution >= 0.6 is 0 Å². The smallest absolute Gasteiger partial charge is 0.305 e. The van der Waals surface area contributed by atoms with E-state index in [1.54, 1.807) is 0 Å². The summed E-state index contributed by atoms with van der Waals surface area (Å²) in [5.41, 5.74) is 0. The highest BCUT2D eigenvalue weighted by molar-refractivity contribution is 5.69. The van der Waals surface area contributed by atoms with Gasteiger partial charge in [0.1, 0.15) is 6.10 Å². The fourth-order valence-electron chi connectivity index (χ4n) is 1.47. The highest BCUT2D eigenvalue weighted by atomic mass is 16.5. The third-order valence-electron chi connectivity index (χ3n) is 2.57. The largest absolute Gasteiger partial charge is 0.461 e. The Morgan fingerprint density at radius 1 is 1.67 bits per heavy atom. The topological polar surface area (TPSA) is 29.5 Å². The average Bonchev–Trinajstić information content (AvgIpc) is 2.36. The number of hydrogen-bond donors (Lipinski definition) is 0. The van der Waals surface area contributed by atoms with Crippen LogP contribution in [0, 0.1) is 0 Å². The molecule has 1 aliphatic heterocycles. The molecule has 3 heteroatoms. The zero-order valence-electron chi connectivity index (χ0n) is 8.04. The Bertz CT molecular complexity index is 170. The monoisotopic (exact) mass is 171 g/mol. The van der Waals surface area contributed by atoms with Crippen molar-refractivity contribution in [1.82, 2.24) is 4.90 Å². The van der Waals surface area contributed by atoms with Crippen molar-refractivity contribution in [2.24, 2.45) is 0 Å². The number of rotatable bonds is 2. The number of hydrogen-bond acceptors (Lipinski definition) is 3. The molecule has 0 amide bonds. The Labute approximate surface area is 73.7 Å². The standard InChI is InChI=1S/C9H17NO2/c1-4-9(11)12-8-5-6-10(3)7(8)2/h7-8H,4-6H2,1-3H3. The first-order chi connectivity index (χ1) is 5.65. The number of carbonyl (C=O) groups is 1. The summed E-state index contributed by atoms with van der Waals surface area (Å²) in [5.74, 6) is -0.0813. The minimum absolute atomic E-state index is 0.0813. The summed E-state index contributed by atoms with van der Waals surface area (Å²) in [6.45, 7) is 4.95. The molecule has 1 fully saturated rings. The van der Waals surface area contributed by atoms with Gasteiger partial charge in [-0.3, -0.25) is 9.69 Å². The van der Waals surface area contributed by atoms with Gasteiger partial charge in [0.25, 0.3) is 0 Å². The van der Waals surface area contributed by atoms with E-state index in [1.807, 2.05) is 6.92 Å². The molecule has 1 heterocycles. The van der Waals surface area contributed by atoms with Crippen molar-refractivity contribution in [2.75, 3.05) is 13.6 Å². The lowest BCUT2D eigenvalue weighted by atomic mass is 10.2. The fourth-order valence-corrected chi connectivity index (χ4v) is 1.47. The minimum Gasteiger partial charge on any atom is -0.461 e. The zero-order chi connectivity index (χ0) is 9.14. The molecular weight excluding hydrogens is 154 g/mol. The van der Waals surface area contributed by atoms with E-state index < -0.39 is 0 Å². The van der Waals surface area contributed by atoms with E-state index in [0.717, 1.165) is 13.0 Å². The molecule has 3 nitrogen and oxygen atoms in total. The quantitative estimate of drug-likeness (QED) is 0.581. The van der Waals surface area contributed by atoms with E-state index in [4.69, 9.17) is 4.74 Å². The Balaban J connectivity index is 2.38. The maximum Gasteiger partial charge on any atom is 0.305 e. The van der Waals surface area contributed by atoms with Gasteiger partial charge in [0.15, 0.2) is 0 Å². The van der Waals surface area contributed by atoms with Gasteiger partial charge in [0.05, 0.1) is 0 Å². The molecule has 1 saturated heterocycles. The van der Waals surface area contributed by atoms with Crippen molar-refractivity contribution < 1.29 is 9.53 Å². The fraction of sp³-hybridized carbons (Fsp3) is 0.889. The van der Waals surface area contributed by atoms with Gasteiger partial charge in [-0.15, -0.1) is 0 Å². The highest BCUT2D eigenvalue weighted by Crippen LogP contribution is 2.18.